The normalized spacial score (nSPS) is 25.0. The summed E-state index contributed by atoms with van der Waals surface area (Å²) in [5.74, 6) is 5.61. The first-order chi connectivity index (χ1) is 4.39. The molecule has 0 aromatic rings. The summed E-state index contributed by atoms with van der Waals surface area (Å²) in [4.78, 5) is 0. The Hall–Kier alpha value is -0.120. The number of nitrogens with zero attached hydrogens (tertiary/aromatic N) is 1. The van der Waals surface area contributed by atoms with E-state index in [1.807, 2.05) is 5.01 Å². The second-order valence-electron chi connectivity index (χ2n) is 2.49. The van der Waals surface area contributed by atoms with Gasteiger partial charge in [-0.3, -0.25) is 5.84 Å². The van der Waals surface area contributed by atoms with Gasteiger partial charge in [0.05, 0.1) is 0 Å². The Labute approximate surface area is 56.2 Å². The first-order valence-electron chi connectivity index (χ1n) is 3.60. The molecule has 0 aromatic carbocycles. The fraction of sp³-hybridized carbons (Fsp3) is 1.00. The molecule has 1 aliphatic heterocycles. The van der Waals surface area contributed by atoms with Crippen molar-refractivity contribution in [2.45, 2.75) is 12.8 Å². The maximum absolute atomic E-state index is 5.61. The van der Waals surface area contributed by atoms with Gasteiger partial charge in [-0.1, -0.05) is 0 Å². The van der Waals surface area contributed by atoms with Crippen LogP contribution in [0.5, 0.6) is 0 Å². The summed E-state index contributed by atoms with van der Waals surface area (Å²) < 4.78 is 0. The fourth-order valence-corrected chi connectivity index (χ4v) is 1.05. The maximum atomic E-state index is 5.61. The van der Waals surface area contributed by atoms with Crippen LogP contribution in [0.4, 0.5) is 0 Å². The molecule has 3 heteroatoms. The van der Waals surface area contributed by atoms with Crippen LogP contribution in [0.25, 0.3) is 0 Å². The summed E-state index contributed by atoms with van der Waals surface area (Å²) in [5, 5.41) is 5.23. The summed E-state index contributed by atoms with van der Waals surface area (Å²) in [7, 11) is 0. The Balaban J connectivity index is 2.12. The van der Waals surface area contributed by atoms with E-state index in [2.05, 4.69) is 5.32 Å². The molecule has 3 N–H and O–H groups in total. The molecule has 0 radical (unpaired) electrons. The third-order valence-electron chi connectivity index (χ3n) is 1.60. The molecule has 9 heavy (non-hydrogen) atoms. The minimum absolute atomic E-state index is 1.03. The summed E-state index contributed by atoms with van der Waals surface area (Å²) >= 11 is 0. The molecule has 0 unspecified atom stereocenters. The van der Waals surface area contributed by atoms with Crippen molar-refractivity contribution >= 4 is 0 Å². The lowest BCUT2D eigenvalue weighted by molar-refractivity contribution is 0.260. The Kier molecular flexibility index (Phi) is 2.97. The Morgan fingerprint density at radius 3 is 2.22 bits per heavy atom. The van der Waals surface area contributed by atoms with Gasteiger partial charge in [0.2, 0.25) is 0 Å². The van der Waals surface area contributed by atoms with Gasteiger partial charge in [0, 0.05) is 13.1 Å². The van der Waals surface area contributed by atoms with E-state index in [9.17, 15) is 0 Å². The molecule has 0 bridgehead atoms. The van der Waals surface area contributed by atoms with Gasteiger partial charge in [-0.2, -0.15) is 0 Å². The van der Waals surface area contributed by atoms with Gasteiger partial charge in [-0.25, -0.2) is 5.01 Å². The van der Waals surface area contributed by atoms with Crippen molar-refractivity contribution in [2.24, 2.45) is 5.84 Å². The number of hydrogen-bond acceptors (Lipinski definition) is 3. The average molecular weight is 129 g/mol. The monoisotopic (exact) mass is 129 g/mol. The molecule has 1 aliphatic rings. The highest BCUT2D eigenvalue weighted by atomic mass is 15.4. The Morgan fingerprint density at radius 2 is 1.67 bits per heavy atom. The Bertz CT molecular complexity index is 66.7. The molecule has 0 atom stereocenters. The van der Waals surface area contributed by atoms with Crippen molar-refractivity contribution < 1.29 is 0 Å². The smallest absolute Gasteiger partial charge is 0.0140 e. The van der Waals surface area contributed by atoms with Crippen LogP contribution in [-0.4, -0.2) is 31.2 Å². The average Bonchev–Trinajstić information content (AvgIpc) is 1.79. The van der Waals surface area contributed by atoms with Crippen molar-refractivity contribution in [1.29, 1.82) is 0 Å². The van der Waals surface area contributed by atoms with E-state index in [-0.39, 0.29) is 0 Å². The molecular weight excluding hydrogens is 114 g/mol. The zero-order valence-electron chi connectivity index (χ0n) is 5.77. The molecule has 0 saturated carbocycles. The number of nitrogens with two attached hydrogens (primary N) is 1. The van der Waals surface area contributed by atoms with E-state index in [4.69, 9.17) is 5.84 Å². The molecule has 1 rings (SSSR count). The highest BCUT2D eigenvalue weighted by Gasteiger charge is 2.00. The van der Waals surface area contributed by atoms with E-state index in [0.29, 0.717) is 0 Å². The van der Waals surface area contributed by atoms with Crippen LogP contribution >= 0.6 is 0 Å². The predicted octanol–water partition coefficient (Wildman–Crippen LogP) is -0.455. The summed E-state index contributed by atoms with van der Waals surface area (Å²) in [6, 6.07) is 0. The maximum Gasteiger partial charge on any atom is 0.0140 e. The number of hydrazine groups is 1. The fourth-order valence-electron chi connectivity index (χ4n) is 1.05. The first-order valence-corrected chi connectivity index (χ1v) is 3.60. The summed E-state index contributed by atoms with van der Waals surface area (Å²) in [5.41, 5.74) is 0. The molecule has 0 aliphatic carbocycles. The van der Waals surface area contributed by atoms with Crippen LogP contribution < -0.4 is 11.2 Å². The first kappa shape index (κ1) is 6.99. The minimum atomic E-state index is 1.03. The molecular formula is C6H15N3. The third-order valence-corrected chi connectivity index (χ3v) is 1.60. The predicted molar refractivity (Wildman–Crippen MR) is 37.9 cm³/mol. The number of nitrogens with one attached hydrogen (secondary N) is 1. The van der Waals surface area contributed by atoms with Gasteiger partial charge in [-0.05, 0) is 25.9 Å². The third kappa shape index (κ3) is 2.79. The lowest BCUT2D eigenvalue weighted by atomic mass is 10.3. The van der Waals surface area contributed by atoms with Crippen LogP contribution in [0.15, 0.2) is 0 Å². The standard InChI is InChI=1S/C6H15N3/c7-9-5-1-3-8-4-2-6-9/h8H,1-7H2. The van der Waals surface area contributed by atoms with Crippen LogP contribution in [0.1, 0.15) is 12.8 Å². The second kappa shape index (κ2) is 3.82. The van der Waals surface area contributed by atoms with E-state index in [1.54, 1.807) is 0 Å². The summed E-state index contributed by atoms with van der Waals surface area (Å²) in [6.45, 7) is 4.31. The van der Waals surface area contributed by atoms with Gasteiger partial charge in [0.25, 0.3) is 0 Å². The van der Waals surface area contributed by atoms with Gasteiger partial charge < -0.3 is 5.32 Å². The van der Waals surface area contributed by atoms with Crippen molar-refractivity contribution in [2.75, 3.05) is 26.2 Å². The van der Waals surface area contributed by atoms with Gasteiger partial charge in [0.15, 0.2) is 0 Å². The van der Waals surface area contributed by atoms with Crippen LogP contribution in [0, 0.1) is 0 Å². The second-order valence-corrected chi connectivity index (χ2v) is 2.49. The molecule has 0 amide bonds. The largest absolute Gasteiger partial charge is 0.317 e. The van der Waals surface area contributed by atoms with E-state index in [1.165, 1.54) is 12.8 Å². The Morgan fingerprint density at radius 1 is 1.11 bits per heavy atom. The van der Waals surface area contributed by atoms with Gasteiger partial charge in [-0.15, -0.1) is 0 Å². The van der Waals surface area contributed by atoms with Crippen LogP contribution in [0.3, 0.4) is 0 Å². The molecule has 0 aromatic heterocycles. The highest BCUT2D eigenvalue weighted by molar-refractivity contribution is 4.58. The molecule has 1 heterocycles. The van der Waals surface area contributed by atoms with E-state index < -0.39 is 0 Å². The zero-order chi connectivity index (χ0) is 6.53. The van der Waals surface area contributed by atoms with Crippen molar-refractivity contribution in [3.63, 3.8) is 0 Å². The molecule has 54 valence electrons. The number of hydrogen-bond donors (Lipinski definition) is 2. The van der Waals surface area contributed by atoms with E-state index in [0.717, 1.165) is 26.2 Å². The molecule has 3 nitrogen and oxygen atoms in total. The van der Waals surface area contributed by atoms with Crippen molar-refractivity contribution in [1.82, 2.24) is 10.3 Å². The van der Waals surface area contributed by atoms with Crippen molar-refractivity contribution in [3.05, 3.63) is 0 Å². The minimum Gasteiger partial charge on any atom is -0.317 e. The zero-order valence-corrected chi connectivity index (χ0v) is 5.77. The highest BCUT2D eigenvalue weighted by Crippen LogP contribution is 1.89. The van der Waals surface area contributed by atoms with Crippen LogP contribution in [0.2, 0.25) is 0 Å². The SMILES string of the molecule is NN1CCCNCCC1. The van der Waals surface area contributed by atoms with Crippen LogP contribution in [-0.2, 0) is 0 Å². The van der Waals surface area contributed by atoms with Gasteiger partial charge in [0.1, 0.15) is 0 Å². The van der Waals surface area contributed by atoms with Crippen molar-refractivity contribution in [3.8, 4) is 0 Å². The number of rotatable bonds is 0. The lowest BCUT2D eigenvalue weighted by Crippen LogP contribution is -2.38. The molecule has 0 spiro atoms. The van der Waals surface area contributed by atoms with E-state index >= 15 is 0 Å². The quantitative estimate of drug-likeness (QED) is 0.435. The molecule has 1 fully saturated rings. The molecule has 1 saturated heterocycles. The van der Waals surface area contributed by atoms with Gasteiger partial charge >= 0.3 is 0 Å². The summed E-state index contributed by atoms with van der Waals surface area (Å²) in [6.07, 6.45) is 2.35. The lowest BCUT2D eigenvalue weighted by Gasteiger charge is -2.19. The topological polar surface area (TPSA) is 41.3 Å².